The minimum absolute atomic E-state index is 0.277. The fraction of sp³-hybridized carbons (Fsp3) is 0.167. The Balaban J connectivity index is 1.67. The molecule has 3 aromatic carbocycles. The van der Waals surface area contributed by atoms with Crippen LogP contribution in [-0.4, -0.2) is 32.6 Å². The van der Waals surface area contributed by atoms with Gasteiger partial charge in [0, 0.05) is 5.69 Å². The highest BCUT2D eigenvalue weighted by molar-refractivity contribution is 6.32. The molecule has 0 aliphatic carbocycles. The molecule has 0 aromatic heterocycles. The summed E-state index contributed by atoms with van der Waals surface area (Å²) >= 11 is 6.08. The summed E-state index contributed by atoms with van der Waals surface area (Å²) in [4.78, 5) is 25.2. The Labute approximate surface area is 191 Å². The van der Waals surface area contributed by atoms with Crippen LogP contribution in [-0.2, 0) is 4.79 Å². The number of carbonyl (C=O) groups is 2. The van der Waals surface area contributed by atoms with E-state index < -0.39 is 5.91 Å². The van der Waals surface area contributed by atoms with Crippen LogP contribution in [0.3, 0.4) is 0 Å². The number of amides is 2. The predicted molar refractivity (Wildman–Crippen MR) is 124 cm³/mol. The molecule has 166 valence electrons. The zero-order chi connectivity index (χ0) is 23.1. The third kappa shape index (κ3) is 5.70. The van der Waals surface area contributed by atoms with Crippen molar-refractivity contribution < 1.29 is 23.8 Å². The van der Waals surface area contributed by atoms with Gasteiger partial charge in [0.2, 0.25) is 0 Å². The van der Waals surface area contributed by atoms with Gasteiger partial charge in [-0.15, -0.1) is 0 Å². The number of anilines is 2. The van der Waals surface area contributed by atoms with Crippen molar-refractivity contribution in [1.29, 1.82) is 0 Å². The van der Waals surface area contributed by atoms with E-state index in [1.165, 1.54) is 14.2 Å². The third-order valence-electron chi connectivity index (χ3n) is 4.53. The fourth-order valence-corrected chi connectivity index (χ4v) is 3.23. The summed E-state index contributed by atoms with van der Waals surface area (Å²) in [6.07, 6.45) is 0. The lowest BCUT2D eigenvalue weighted by atomic mass is 10.1. The Morgan fingerprint density at radius 1 is 0.875 bits per heavy atom. The normalized spacial score (nSPS) is 10.2. The first kappa shape index (κ1) is 23.0. The zero-order valence-electron chi connectivity index (χ0n) is 17.9. The molecular weight excluding hydrogens is 432 g/mol. The van der Waals surface area contributed by atoms with Crippen molar-refractivity contribution in [3.63, 3.8) is 0 Å². The number of ether oxygens (including phenoxy) is 3. The molecule has 0 radical (unpaired) electrons. The molecule has 0 bridgehead atoms. The molecule has 0 heterocycles. The molecule has 0 aliphatic rings. The van der Waals surface area contributed by atoms with Gasteiger partial charge in [-0.2, -0.15) is 0 Å². The summed E-state index contributed by atoms with van der Waals surface area (Å²) in [5.74, 6) is 0.541. The quantitative estimate of drug-likeness (QED) is 0.503. The molecule has 32 heavy (non-hydrogen) atoms. The molecule has 0 saturated heterocycles. The molecule has 8 heteroatoms. The Hall–Kier alpha value is -3.71. The van der Waals surface area contributed by atoms with E-state index in [1.807, 2.05) is 19.1 Å². The maximum atomic E-state index is 12.9. The number of methoxy groups -OCH3 is 2. The van der Waals surface area contributed by atoms with Gasteiger partial charge >= 0.3 is 0 Å². The van der Waals surface area contributed by atoms with Crippen LogP contribution in [0, 0.1) is 6.92 Å². The van der Waals surface area contributed by atoms with E-state index in [0.29, 0.717) is 27.9 Å². The molecule has 0 spiro atoms. The van der Waals surface area contributed by atoms with Crippen LogP contribution in [0.2, 0.25) is 5.02 Å². The van der Waals surface area contributed by atoms with Gasteiger partial charge in [-0.25, -0.2) is 0 Å². The summed E-state index contributed by atoms with van der Waals surface area (Å²) < 4.78 is 16.0. The highest BCUT2D eigenvalue weighted by Gasteiger charge is 2.16. The van der Waals surface area contributed by atoms with Crippen molar-refractivity contribution in [3.8, 4) is 17.2 Å². The topological polar surface area (TPSA) is 85.9 Å². The molecule has 0 saturated carbocycles. The fourth-order valence-electron chi connectivity index (χ4n) is 2.97. The summed E-state index contributed by atoms with van der Waals surface area (Å²) in [5.41, 5.74) is 2.31. The van der Waals surface area contributed by atoms with Crippen molar-refractivity contribution in [2.75, 3.05) is 31.5 Å². The van der Waals surface area contributed by atoms with Crippen LogP contribution in [0.4, 0.5) is 11.4 Å². The smallest absolute Gasteiger partial charge is 0.262 e. The van der Waals surface area contributed by atoms with Gasteiger partial charge in [-0.3, -0.25) is 9.59 Å². The minimum Gasteiger partial charge on any atom is -0.495 e. The van der Waals surface area contributed by atoms with Crippen LogP contribution in [0.5, 0.6) is 17.2 Å². The summed E-state index contributed by atoms with van der Waals surface area (Å²) in [6, 6.07) is 17.1. The first-order valence-electron chi connectivity index (χ1n) is 9.72. The van der Waals surface area contributed by atoms with Gasteiger partial charge in [0.15, 0.2) is 6.61 Å². The standard InChI is InChI=1S/C24H23ClN2O5/c1-15-8-10-22(31-3)19(12-15)27-24(29)17-6-4-5-7-20(17)32-14-23(28)26-16-9-11-21(30-2)18(25)13-16/h4-13H,14H2,1-3H3,(H,26,28)(H,27,29). The van der Waals surface area contributed by atoms with Crippen molar-refractivity contribution in [1.82, 2.24) is 0 Å². The van der Waals surface area contributed by atoms with Crippen LogP contribution >= 0.6 is 11.6 Å². The highest BCUT2D eigenvalue weighted by atomic mass is 35.5. The van der Waals surface area contributed by atoms with Gasteiger partial charge in [0.05, 0.1) is 30.5 Å². The molecule has 0 unspecified atom stereocenters. The molecule has 3 aromatic rings. The number of aryl methyl sites for hydroxylation is 1. The second kappa shape index (κ2) is 10.5. The summed E-state index contributed by atoms with van der Waals surface area (Å²) in [5, 5.41) is 5.90. The number of benzene rings is 3. The number of para-hydroxylation sites is 1. The maximum absolute atomic E-state index is 12.9. The molecule has 2 N–H and O–H groups in total. The third-order valence-corrected chi connectivity index (χ3v) is 4.82. The lowest BCUT2D eigenvalue weighted by Gasteiger charge is -2.14. The molecule has 7 nitrogen and oxygen atoms in total. The summed E-state index contributed by atoms with van der Waals surface area (Å²) in [6.45, 7) is 1.63. The van der Waals surface area contributed by atoms with Gasteiger partial charge in [0.1, 0.15) is 17.2 Å². The second-order valence-electron chi connectivity index (χ2n) is 6.84. The summed E-state index contributed by atoms with van der Waals surface area (Å²) in [7, 11) is 3.04. The van der Waals surface area contributed by atoms with Crippen molar-refractivity contribution in [2.45, 2.75) is 6.92 Å². The molecule has 0 aliphatic heterocycles. The van der Waals surface area contributed by atoms with E-state index in [1.54, 1.807) is 48.5 Å². The van der Waals surface area contributed by atoms with Crippen LogP contribution in [0.25, 0.3) is 0 Å². The van der Waals surface area contributed by atoms with Gasteiger partial charge in [-0.1, -0.05) is 29.8 Å². The molecular formula is C24H23ClN2O5. The van der Waals surface area contributed by atoms with Crippen LogP contribution in [0.15, 0.2) is 60.7 Å². The number of carbonyl (C=O) groups excluding carboxylic acids is 2. The number of hydrogen-bond donors (Lipinski definition) is 2. The predicted octanol–water partition coefficient (Wildman–Crippen LogP) is 4.94. The molecule has 3 rings (SSSR count). The SMILES string of the molecule is COc1ccc(NC(=O)COc2ccccc2C(=O)Nc2cc(C)ccc2OC)cc1Cl. The average Bonchev–Trinajstić information content (AvgIpc) is 2.78. The second-order valence-corrected chi connectivity index (χ2v) is 7.25. The van der Waals surface area contributed by atoms with Crippen LogP contribution in [0.1, 0.15) is 15.9 Å². The van der Waals surface area contributed by atoms with Gasteiger partial charge < -0.3 is 24.8 Å². The van der Waals surface area contributed by atoms with Gasteiger partial charge in [0.25, 0.3) is 11.8 Å². The van der Waals surface area contributed by atoms with Gasteiger partial charge in [-0.05, 0) is 55.0 Å². The highest BCUT2D eigenvalue weighted by Crippen LogP contribution is 2.28. The van der Waals surface area contributed by atoms with E-state index in [-0.39, 0.29) is 23.8 Å². The lowest BCUT2D eigenvalue weighted by Crippen LogP contribution is -2.21. The molecule has 0 fully saturated rings. The Kier molecular flexibility index (Phi) is 7.57. The molecule has 2 amide bonds. The Morgan fingerprint density at radius 3 is 2.31 bits per heavy atom. The molecule has 0 atom stereocenters. The Morgan fingerprint density at radius 2 is 1.59 bits per heavy atom. The van der Waals surface area contributed by atoms with E-state index in [9.17, 15) is 9.59 Å². The van der Waals surface area contributed by atoms with Crippen molar-refractivity contribution in [2.24, 2.45) is 0 Å². The lowest BCUT2D eigenvalue weighted by molar-refractivity contribution is -0.118. The van der Waals surface area contributed by atoms with Crippen LogP contribution < -0.4 is 24.8 Å². The first-order chi connectivity index (χ1) is 15.4. The minimum atomic E-state index is -0.401. The number of hydrogen-bond acceptors (Lipinski definition) is 5. The van der Waals surface area contributed by atoms with E-state index >= 15 is 0 Å². The Bertz CT molecular complexity index is 1130. The first-order valence-corrected chi connectivity index (χ1v) is 10.1. The average molecular weight is 455 g/mol. The van der Waals surface area contributed by atoms with E-state index in [2.05, 4.69) is 10.6 Å². The van der Waals surface area contributed by atoms with E-state index in [4.69, 9.17) is 25.8 Å². The van der Waals surface area contributed by atoms with E-state index in [0.717, 1.165) is 5.56 Å². The maximum Gasteiger partial charge on any atom is 0.262 e. The van der Waals surface area contributed by atoms with Crippen molar-refractivity contribution >= 4 is 34.8 Å². The largest absolute Gasteiger partial charge is 0.495 e. The number of nitrogens with one attached hydrogen (secondary N) is 2. The monoisotopic (exact) mass is 454 g/mol. The number of rotatable bonds is 8. The number of halogens is 1. The zero-order valence-corrected chi connectivity index (χ0v) is 18.7. The van der Waals surface area contributed by atoms with Crippen molar-refractivity contribution in [3.05, 3.63) is 76.8 Å².